The standard InChI is InChI=1S/C12H24O2.C4H6.K/c1-2-3-4-5-6-7-8-9-10-11-12(13)14;1-3-4-2;/h2-11H2,1H3,(H,13,14);3-4H,1-2H2;/q;;+1/p-1. The maximum absolute atomic E-state index is 10.1. The molecule has 19 heavy (non-hydrogen) atoms. The number of carboxylic acid groups (broad SMARTS) is 1. The number of hydrogen-bond acceptors (Lipinski definition) is 2. The van der Waals surface area contributed by atoms with E-state index in [2.05, 4.69) is 20.1 Å². The van der Waals surface area contributed by atoms with Gasteiger partial charge in [0.25, 0.3) is 0 Å². The zero-order valence-electron chi connectivity index (χ0n) is 13.0. The summed E-state index contributed by atoms with van der Waals surface area (Å²) in [4.78, 5) is 10.1. The van der Waals surface area contributed by atoms with Gasteiger partial charge < -0.3 is 9.90 Å². The molecule has 0 aliphatic rings. The first kappa shape index (κ1) is 24.6. The van der Waals surface area contributed by atoms with Gasteiger partial charge in [0.15, 0.2) is 0 Å². The van der Waals surface area contributed by atoms with Gasteiger partial charge in [0.05, 0.1) is 0 Å². The molecule has 2 nitrogen and oxygen atoms in total. The molecule has 0 heterocycles. The third kappa shape index (κ3) is 32.3. The van der Waals surface area contributed by atoms with Crippen LogP contribution in [-0.2, 0) is 4.79 Å². The SMILES string of the molecule is C=CC=C.CCCCCCCCCCCC(=O)[O-].[K+]. The van der Waals surface area contributed by atoms with E-state index in [0.29, 0.717) is 0 Å². The van der Waals surface area contributed by atoms with E-state index in [1.54, 1.807) is 12.2 Å². The molecule has 0 atom stereocenters. The molecular formula is C16H29KO2. The average molecular weight is 293 g/mol. The number of carbonyl (C=O) groups is 1. The van der Waals surface area contributed by atoms with Crippen LogP contribution < -0.4 is 56.5 Å². The summed E-state index contributed by atoms with van der Waals surface area (Å²) < 4.78 is 0. The summed E-state index contributed by atoms with van der Waals surface area (Å²) in [5.41, 5.74) is 0. The van der Waals surface area contributed by atoms with Gasteiger partial charge in [-0.2, -0.15) is 0 Å². The van der Waals surface area contributed by atoms with E-state index in [1.807, 2.05) is 0 Å². The zero-order chi connectivity index (χ0) is 14.1. The number of hydrogen-bond donors (Lipinski definition) is 0. The Morgan fingerprint density at radius 2 is 1.26 bits per heavy atom. The number of carboxylic acids is 1. The van der Waals surface area contributed by atoms with Crippen molar-refractivity contribution in [3.8, 4) is 0 Å². The normalized spacial score (nSPS) is 8.68. The Bertz CT molecular complexity index is 197. The van der Waals surface area contributed by atoms with Gasteiger partial charge in [-0.3, -0.25) is 0 Å². The molecule has 0 spiro atoms. The van der Waals surface area contributed by atoms with E-state index in [1.165, 1.54) is 44.9 Å². The summed E-state index contributed by atoms with van der Waals surface area (Å²) in [6, 6.07) is 0. The molecule has 0 radical (unpaired) electrons. The van der Waals surface area contributed by atoms with Crippen molar-refractivity contribution in [2.75, 3.05) is 0 Å². The summed E-state index contributed by atoms with van der Waals surface area (Å²) in [6.07, 6.45) is 14.4. The van der Waals surface area contributed by atoms with E-state index in [9.17, 15) is 9.90 Å². The second kappa shape index (κ2) is 23.7. The summed E-state index contributed by atoms with van der Waals surface area (Å²) in [6.45, 7) is 8.94. The van der Waals surface area contributed by atoms with Crippen LogP contribution in [0.5, 0.6) is 0 Å². The van der Waals surface area contributed by atoms with Crippen LogP contribution in [0.1, 0.15) is 71.1 Å². The quantitative estimate of drug-likeness (QED) is 0.324. The van der Waals surface area contributed by atoms with Crippen molar-refractivity contribution in [2.45, 2.75) is 71.1 Å². The molecule has 0 bridgehead atoms. The maximum atomic E-state index is 10.1. The minimum absolute atomic E-state index is 0. The van der Waals surface area contributed by atoms with Gasteiger partial charge in [0.2, 0.25) is 0 Å². The Morgan fingerprint density at radius 1 is 0.895 bits per heavy atom. The molecule has 3 heteroatoms. The number of carbonyl (C=O) groups excluding carboxylic acids is 1. The number of aliphatic carboxylic acids is 1. The van der Waals surface area contributed by atoms with Gasteiger partial charge in [-0.25, -0.2) is 0 Å². The molecule has 0 saturated heterocycles. The Balaban J connectivity index is -0.000000448. The van der Waals surface area contributed by atoms with Crippen LogP contribution in [0.3, 0.4) is 0 Å². The van der Waals surface area contributed by atoms with Crippen LogP contribution in [0.25, 0.3) is 0 Å². The molecule has 0 amide bonds. The molecule has 0 aromatic heterocycles. The van der Waals surface area contributed by atoms with Gasteiger partial charge in [-0.1, -0.05) is 83.6 Å². The molecule has 106 valence electrons. The zero-order valence-corrected chi connectivity index (χ0v) is 16.1. The number of unbranched alkanes of at least 4 members (excludes halogenated alkanes) is 8. The minimum atomic E-state index is -0.909. The average Bonchev–Trinajstić information content (AvgIpc) is 2.37. The third-order valence-corrected chi connectivity index (χ3v) is 2.65. The van der Waals surface area contributed by atoms with Crippen LogP contribution in [0.4, 0.5) is 0 Å². The van der Waals surface area contributed by atoms with Gasteiger partial charge in [0.1, 0.15) is 0 Å². The number of allylic oxidation sites excluding steroid dienone is 2. The summed E-state index contributed by atoms with van der Waals surface area (Å²) in [5.74, 6) is -0.909. The molecule has 0 fully saturated rings. The molecule has 0 aromatic carbocycles. The van der Waals surface area contributed by atoms with Crippen LogP contribution in [-0.4, -0.2) is 5.97 Å². The molecule has 0 aliphatic carbocycles. The van der Waals surface area contributed by atoms with Crippen LogP contribution in [0.2, 0.25) is 0 Å². The fourth-order valence-electron chi connectivity index (χ4n) is 1.58. The van der Waals surface area contributed by atoms with E-state index in [4.69, 9.17) is 0 Å². The minimum Gasteiger partial charge on any atom is -0.550 e. The van der Waals surface area contributed by atoms with Crippen molar-refractivity contribution >= 4 is 5.97 Å². The largest absolute Gasteiger partial charge is 1.00 e. The van der Waals surface area contributed by atoms with Crippen molar-refractivity contribution in [2.24, 2.45) is 0 Å². The Morgan fingerprint density at radius 3 is 1.58 bits per heavy atom. The molecule has 0 unspecified atom stereocenters. The first-order valence-electron chi connectivity index (χ1n) is 7.12. The summed E-state index contributed by atoms with van der Waals surface area (Å²) in [7, 11) is 0. The van der Waals surface area contributed by atoms with Crippen molar-refractivity contribution in [1.82, 2.24) is 0 Å². The van der Waals surface area contributed by atoms with E-state index >= 15 is 0 Å². The summed E-state index contributed by atoms with van der Waals surface area (Å²) >= 11 is 0. The van der Waals surface area contributed by atoms with E-state index < -0.39 is 5.97 Å². The Hall–Kier alpha value is 0.586. The van der Waals surface area contributed by atoms with Crippen LogP contribution in [0.15, 0.2) is 25.3 Å². The molecule has 0 aromatic rings. The Labute approximate surface area is 162 Å². The second-order valence-electron chi connectivity index (χ2n) is 4.42. The number of rotatable bonds is 11. The van der Waals surface area contributed by atoms with Crippen LogP contribution in [0, 0.1) is 0 Å². The molecule has 0 saturated carbocycles. The van der Waals surface area contributed by atoms with Crippen molar-refractivity contribution in [1.29, 1.82) is 0 Å². The Kier molecular flexibility index (Phi) is 30.6. The first-order chi connectivity index (χ1) is 8.68. The van der Waals surface area contributed by atoms with Crippen molar-refractivity contribution in [3.63, 3.8) is 0 Å². The fourth-order valence-corrected chi connectivity index (χ4v) is 1.58. The van der Waals surface area contributed by atoms with Gasteiger partial charge in [-0.15, -0.1) is 0 Å². The van der Waals surface area contributed by atoms with Gasteiger partial charge >= 0.3 is 51.4 Å². The fraction of sp³-hybridized carbons (Fsp3) is 0.688. The van der Waals surface area contributed by atoms with E-state index in [0.717, 1.165) is 12.8 Å². The molecular weight excluding hydrogens is 263 g/mol. The first-order valence-corrected chi connectivity index (χ1v) is 7.12. The third-order valence-electron chi connectivity index (χ3n) is 2.65. The predicted octanol–water partition coefficient (Wildman–Crippen LogP) is 1.02. The second-order valence-corrected chi connectivity index (χ2v) is 4.42. The molecule has 0 N–H and O–H groups in total. The molecule has 0 rings (SSSR count). The predicted molar refractivity (Wildman–Crippen MR) is 77.2 cm³/mol. The summed E-state index contributed by atoms with van der Waals surface area (Å²) in [5, 5.41) is 10.1. The smallest absolute Gasteiger partial charge is 0.550 e. The molecule has 0 aliphatic heterocycles. The van der Waals surface area contributed by atoms with Crippen LogP contribution >= 0.6 is 0 Å². The topological polar surface area (TPSA) is 40.1 Å². The van der Waals surface area contributed by atoms with Gasteiger partial charge in [-0.05, 0) is 12.8 Å². The van der Waals surface area contributed by atoms with E-state index in [-0.39, 0.29) is 57.8 Å². The van der Waals surface area contributed by atoms with Gasteiger partial charge in [0, 0.05) is 5.97 Å². The monoisotopic (exact) mass is 292 g/mol. The van der Waals surface area contributed by atoms with Crippen molar-refractivity contribution < 1.29 is 61.3 Å². The maximum Gasteiger partial charge on any atom is 1.00 e. The van der Waals surface area contributed by atoms with Crippen molar-refractivity contribution in [3.05, 3.63) is 25.3 Å².